The Bertz CT molecular complexity index is 717. The number of nitrogens with one attached hydrogen (secondary N) is 2. The molecule has 2 atom stereocenters. The van der Waals surface area contributed by atoms with E-state index in [2.05, 4.69) is 10.6 Å². The summed E-state index contributed by atoms with van der Waals surface area (Å²) >= 11 is 0. The van der Waals surface area contributed by atoms with Crippen LogP contribution in [0.15, 0.2) is 36.4 Å². The number of amides is 3. The Morgan fingerprint density at radius 2 is 2.11 bits per heavy atom. The van der Waals surface area contributed by atoms with Crippen LogP contribution in [0.2, 0.25) is 0 Å². The number of allylic oxidation sites excluding steroid dienone is 1. The van der Waals surface area contributed by atoms with Gasteiger partial charge in [0, 0.05) is 25.6 Å². The number of likely N-dealkylation sites (tertiary alicyclic amines) is 1. The average Bonchev–Trinajstić information content (AvgIpc) is 3.03. The normalized spacial score (nSPS) is 19.3. The van der Waals surface area contributed by atoms with Crippen molar-refractivity contribution >= 4 is 17.7 Å². The number of aromatic hydroxyl groups is 1. The summed E-state index contributed by atoms with van der Waals surface area (Å²) in [5.74, 6) is -0.425. The monoisotopic (exact) mass is 373 g/mol. The predicted molar refractivity (Wildman–Crippen MR) is 102 cm³/mol. The lowest BCUT2D eigenvalue weighted by atomic mass is 10.1. The molecule has 0 aliphatic carbocycles. The van der Waals surface area contributed by atoms with Crippen molar-refractivity contribution in [3.05, 3.63) is 42.0 Å². The zero-order chi connectivity index (χ0) is 19.8. The fraction of sp³-hybridized carbons (Fsp3) is 0.450. The van der Waals surface area contributed by atoms with Gasteiger partial charge in [-0.2, -0.15) is 0 Å². The first kappa shape index (κ1) is 20.5. The average molecular weight is 373 g/mol. The number of rotatable bonds is 7. The summed E-state index contributed by atoms with van der Waals surface area (Å²) in [6, 6.07) is 5.67. The molecular weight excluding hydrogens is 346 g/mol. The van der Waals surface area contributed by atoms with Gasteiger partial charge in [0.2, 0.25) is 17.7 Å². The van der Waals surface area contributed by atoms with Crippen LogP contribution in [0.4, 0.5) is 0 Å². The maximum Gasteiger partial charge on any atom is 0.242 e. The van der Waals surface area contributed by atoms with E-state index >= 15 is 0 Å². The summed E-state index contributed by atoms with van der Waals surface area (Å²) in [5.41, 5.74) is 0.701. The van der Waals surface area contributed by atoms with E-state index in [4.69, 9.17) is 0 Å². The number of carbonyl (C=O) groups is 3. The Kier molecular flexibility index (Phi) is 7.40. The first-order valence-electron chi connectivity index (χ1n) is 9.20. The van der Waals surface area contributed by atoms with Gasteiger partial charge in [-0.05, 0) is 38.0 Å². The molecule has 7 heteroatoms. The first-order chi connectivity index (χ1) is 12.9. The SMILES string of the molecule is C/C=C/CC(=O)N1C[C@H](NC(=O)Cc2cccc(O)c2)C[C@H]1C(=O)NCC. The molecule has 146 valence electrons. The van der Waals surface area contributed by atoms with Gasteiger partial charge in [-0.25, -0.2) is 0 Å². The number of carbonyl (C=O) groups excluding carboxylic acids is 3. The highest BCUT2D eigenvalue weighted by Gasteiger charge is 2.39. The minimum atomic E-state index is -0.575. The summed E-state index contributed by atoms with van der Waals surface area (Å²) in [5, 5.41) is 15.2. The third-order valence-corrected chi connectivity index (χ3v) is 4.44. The number of benzene rings is 1. The Hall–Kier alpha value is -2.83. The van der Waals surface area contributed by atoms with Crippen molar-refractivity contribution in [3.63, 3.8) is 0 Å². The molecule has 0 unspecified atom stereocenters. The maximum atomic E-state index is 12.4. The molecule has 3 N–H and O–H groups in total. The molecule has 0 radical (unpaired) electrons. The van der Waals surface area contributed by atoms with E-state index in [9.17, 15) is 19.5 Å². The van der Waals surface area contributed by atoms with Crippen molar-refractivity contribution < 1.29 is 19.5 Å². The predicted octanol–water partition coefficient (Wildman–Crippen LogP) is 1.12. The summed E-state index contributed by atoms with van der Waals surface area (Å²) in [6.45, 7) is 4.46. The van der Waals surface area contributed by atoms with E-state index in [1.807, 2.05) is 13.8 Å². The standard InChI is InChI=1S/C20H27N3O4/c1-3-5-9-19(26)23-13-15(12-17(23)20(27)21-4-2)22-18(25)11-14-7-6-8-16(24)10-14/h3,5-8,10,15,17,24H,4,9,11-13H2,1-2H3,(H,21,27)(H,22,25)/b5-3+/t15-,17+/m1/s1. The fourth-order valence-electron chi connectivity index (χ4n) is 3.22. The molecule has 3 amide bonds. The molecule has 0 spiro atoms. The fourth-order valence-corrected chi connectivity index (χ4v) is 3.22. The molecule has 27 heavy (non-hydrogen) atoms. The number of phenolic OH excluding ortho intramolecular Hbond substituents is 1. The molecule has 0 saturated carbocycles. The van der Waals surface area contributed by atoms with Crippen LogP contribution >= 0.6 is 0 Å². The maximum absolute atomic E-state index is 12.4. The van der Waals surface area contributed by atoms with E-state index in [0.717, 1.165) is 0 Å². The quantitative estimate of drug-likeness (QED) is 0.624. The van der Waals surface area contributed by atoms with Crippen LogP contribution in [-0.2, 0) is 20.8 Å². The number of phenols is 1. The third-order valence-electron chi connectivity index (χ3n) is 4.44. The lowest BCUT2D eigenvalue weighted by Crippen LogP contribution is -2.45. The molecule has 1 aliphatic rings. The Balaban J connectivity index is 2.01. The lowest BCUT2D eigenvalue weighted by Gasteiger charge is -2.23. The van der Waals surface area contributed by atoms with Crippen LogP contribution in [0.25, 0.3) is 0 Å². The van der Waals surface area contributed by atoms with E-state index in [0.29, 0.717) is 25.1 Å². The third kappa shape index (κ3) is 5.84. The van der Waals surface area contributed by atoms with E-state index in [1.54, 1.807) is 41.3 Å². The van der Waals surface area contributed by atoms with Gasteiger partial charge in [0.1, 0.15) is 11.8 Å². The van der Waals surface area contributed by atoms with Gasteiger partial charge < -0.3 is 20.6 Å². The van der Waals surface area contributed by atoms with Gasteiger partial charge in [-0.15, -0.1) is 0 Å². The van der Waals surface area contributed by atoms with Crippen molar-refractivity contribution in [1.29, 1.82) is 0 Å². The van der Waals surface area contributed by atoms with Crippen molar-refractivity contribution in [3.8, 4) is 5.75 Å². The van der Waals surface area contributed by atoms with Crippen molar-refractivity contribution in [2.45, 2.75) is 45.2 Å². The summed E-state index contributed by atoms with van der Waals surface area (Å²) < 4.78 is 0. The van der Waals surface area contributed by atoms with Gasteiger partial charge >= 0.3 is 0 Å². The van der Waals surface area contributed by atoms with Crippen LogP contribution in [0, 0.1) is 0 Å². The van der Waals surface area contributed by atoms with Crippen LogP contribution in [0.1, 0.15) is 32.3 Å². The van der Waals surface area contributed by atoms with Gasteiger partial charge in [0.05, 0.1) is 6.42 Å². The second kappa shape index (κ2) is 9.75. The highest BCUT2D eigenvalue weighted by Crippen LogP contribution is 2.20. The van der Waals surface area contributed by atoms with Gasteiger partial charge in [0.25, 0.3) is 0 Å². The van der Waals surface area contributed by atoms with Crippen molar-refractivity contribution in [1.82, 2.24) is 15.5 Å². The second-order valence-electron chi connectivity index (χ2n) is 6.58. The highest BCUT2D eigenvalue weighted by molar-refractivity contribution is 5.89. The summed E-state index contributed by atoms with van der Waals surface area (Å²) in [4.78, 5) is 38.6. The molecule has 1 heterocycles. The smallest absolute Gasteiger partial charge is 0.242 e. The zero-order valence-electron chi connectivity index (χ0n) is 15.8. The number of hydrogen-bond donors (Lipinski definition) is 3. The minimum absolute atomic E-state index is 0.109. The van der Waals surface area contributed by atoms with Crippen LogP contribution < -0.4 is 10.6 Å². The van der Waals surface area contributed by atoms with Gasteiger partial charge in [0.15, 0.2) is 0 Å². The molecule has 1 saturated heterocycles. The molecule has 1 fully saturated rings. The molecular formula is C20H27N3O4. The topological polar surface area (TPSA) is 98.7 Å². The van der Waals surface area contributed by atoms with Crippen LogP contribution in [0.5, 0.6) is 5.75 Å². The molecule has 2 rings (SSSR count). The van der Waals surface area contributed by atoms with E-state index < -0.39 is 6.04 Å². The molecule has 0 aromatic heterocycles. The second-order valence-corrected chi connectivity index (χ2v) is 6.58. The number of hydrogen-bond acceptors (Lipinski definition) is 4. The summed E-state index contributed by atoms with van der Waals surface area (Å²) in [6.07, 6.45) is 4.30. The zero-order valence-corrected chi connectivity index (χ0v) is 15.8. The van der Waals surface area contributed by atoms with Crippen molar-refractivity contribution in [2.24, 2.45) is 0 Å². The molecule has 1 aliphatic heterocycles. The Labute approximate surface area is 159 Å². The van der Waals surface area contributed by atoms with Crippen LogP contribution in [0.3, 0.4) is 0 Å². The van der Waals surface area contributed by atoms with E-state index in [1.165, 1.54) is 0 Å². The van der Waals surface area contributed by atoms with Crippen molar-refractivity contribution in [2.75, 3.05) is 13.1 Å². The van der Waals surface area contributed by atoms with Gasteiger partial charge in [-0.3, -0.25) is 14.4 Å². The Morgan fingerprint density at radius 1 is 1.33 bits per heavy atom. The largest absolute Gasteiger partial charge is 0.508 e. The molecule has 1 aromatic rings. The molecule has 1 aromatic carbocycles. The number of nitrogens with zero attached hydrogens (tertiary/aromatic N) is 1. The van der Waals surface area contributed by atoms with Crippen LogP contribution in [-0.4, -0.2) is 52.9 Å². The van der Waals surface area contributed by atoms with E-state index in [-0.39, 0.29) is 42.4 Å². The summed E-state index contributed by atoms with van der Waals surface area (Å²) in [7, 11) is 0. The highest BCUT2D eigenvalue weighted by atomic mass is 16.3. The molecule has 7 nitrogen and oxygen atoms in total. The molecule has 0 bridgehead atoms. The number of likely N-dealkylation sites (N-methyl/N-ethyl adjacent to an activating group) is 1. The first-order valence-corrected chi connectivity index (χ1v) is 9.20. The minimum Gasteiger partial charge on any atom is -0.508 e. The van der Waals surface area contributed by atoms with Gasteiger partial charge in [-0.1, -0.05) is 24.3 Å². The Morgan fingerprint density at radius 3 is 2.78 bits per heavy atom. The lowest BCUT2D eigenvalue weighted by molar-refractivity contribution is -0.137.